The van der Waals surface area contributed by atoms with E-state index in [1.54, 1.807) is 7.11 Å². The summed E-state index contributed by atoms with van der Waals surface area (Å²) in [5, 5.41) is 10.2. The van der Waals surface area contributed by atoms with Gasteiger partial charge in [-0.1, -0.05) is 39.0 Å². The quantitative estimate of drug-likeness (QED) is 0.800. The zero-order valence-electron chi connectivity index (χ0n) is 12.0. The summed E-state index contributed by atoms with van der Waals surface area (Å²) in [6, 6.07) is 7.91. The molecule has 0 aliphatic heterocycles. The molecule has 1 aromatic carbocycles. The van der Waals surface area contributed by atoms with Crippen LogP contribution in [0, 0.1) is 11.8 Å². The lowest BCUT2D eigenvalue weighted by molar-refractivity contribution is 0.139. The molecule has 18 heavy (non-hydrogen) atoms. The van der Waals surface area contributed by atoms with Crippen LogP contribution in [0.15, 0.2) is 24.3 Å². The molecule has 0 aliphatic rings. The molecule has 2 atom stereocenters. The number of aliphatic hydroxyl groups excluding tert-OH is 1. The van der Waals surface area contributed by atoms with Gasteiger partial charge in [0.1, 0.15) is 5.75 Å². The Labute approximate surface area is 111 Å². The van der Waals surface area contributed by atoms with Gasteiger partial charge in [0.05, 0.1) is 13.2 Å². The van der Waals surface area contributed by atoms with Crippen LogP contribution in [0.3, 0.4) is 0 Å². The second kappa shape index (κ2) is 7.42. The second-order valence-electron chi connectivity index (χ2n) is 5.64. The molecule has 102 valence electrons. The largest absolute Gasteiger partial charge is 0.496 e. The number of rotatable bonds is 7. The average Bonchev–Trinajstić information content (AvgIpc) is 2.28. The zero-order valence-corrected chi connectivity index (χ0v) is 12.0. The summed E-state index contributed by atoms with van der Waals surface area (Å²) in [5.74, 6) is 2.13. The number of benzene rings is 1. The Balaban J connectivity index is 2.51. The van der Waals surface area contributed by atoms with Crippen molar-refractivity contribution in [2.45, 2.75) is 46.1 Å². The van der Waals surface area contributed by atoms with Crippen molar-refractivity contribution in [2.75, 3.05) is 7.11 Å². The van der Waals surface area contributed by atoms with Gasteiger partial charge in [-0.25, -0.2) is 0 Å². The topological polar surface area (TPSA) is 29.5 Å². The average molecular weight is 250 g/mol. The molecule has 2 heteroatoms. The van der Waals surface area contributed by atoms with E-state index >= 15 is 0 Å². The van der Waals surface area contributed by atoms with Crippen LogP contribution in [-0.4, -0.2) is 18.3 Å². The molecule has 0 fully saturated rings. The highest BCUT2D eigenvalue weighted by Crippen LogP contribution is 2.22. The van der Waals surface area contributed by atoms with E-state index in [4.69, 9.17) is 4.74 Å². The third kappa shape index (κ3) is 5.09. The molecule has 0 spiro atoms. The van der Waals surface area contributed by atoms with Gasteiger partial charge in [0.25, 0.3) is 0 Å². The minimum absolute atomic E-state index is 0.282. The van der Waals surface area contributed by atoms with Crippen LogP contribution in [-0.2, 0) is 6.42 Å². The van der Waals surface area contributed by atoms with Crippen molar-refractivity contribution in [1.29, 1.82) is 0 Å². The molecular formula is C16H26O2. The van der Waals surface area contributed by atoms with Gasteiger partial charge in [0, 0.05) is 6.42 Å². The number of hydrogen-bond donors (Lipinski definition) is 1. The highest BCUT2D eigenvalue weighted by atomic mass is 16.5. The molecule has 0 amide bonds. The van der Waals surface area contributed by atoms with E-state index < -0.39 is 0 Å². The number of methoxy groups -OCH3 is 1. The number of ether oxygens (including phenoxy) is 1. The molecule has 0 saturated heterocycles. The zero-order chi connectivity index (χ0) is 13.5. The predicted octanol–water partition coefficient (Wildman–Crippen LogP) is 3.67. The minimum Gasteiger partial charge on any atom is -0.496 e. The van der Waals surface area contributed by atoms with Crippen molar-refractivity contribution < 1.29 is 9.84 Å². The normalized spacial score (nSPS) is 14.6. The fourth-order valence-electron chi connectivity index (χ4n) is 2.57. The predicted molar refractivity (Wildman–Crippen MR) is 75.9 cm³/mol. The Bertz CT molecular complexity index is 347. The van der Waals surface area contributed by atoms with Gasteiger partial charge in [0.15, 0.2) is 0 Å². The van der Waals surface area contributed by atoms with Crippen molar-refractivity contribution in [1.82, 2.24) is 0 Å². The van der Waals surface area contributed by atoms with Crippen LogP contribution in [0.2, 0.25) is 0 Å². The molecule has 1 N–H and O–H groups in total. The fourth-order valence-corrected chi connectivity index (χ4v) is 2.57. The fraction of sp³-hybridized carbons (Fsp3) is 0.625. The molecular weight excluding hydrogens is 224 g/mol. The first-order valence-electron chi connectivity index (χ1n) is 6.82. The van der Waals surface area contributed by atoms with Gasteiger partial charge in [-0.2, -0.15) is 0 Å². The van der Waals surface area contributed by atoms with Gasteiger partial charge in [-0.15, -0.1) is 0 Å². The molecule has 0 heterocycles. The molecule has 1 rings (SSSR count). The van der Waals surface area contributed by atoms with E-state index in [1.807, 2.05) is 24.3 Å². The summed E-state index contributed by atoms with van der Waals surface area (Å²) in [7, 11) is 1.67. The van der Waals surface area contributed by atoms with Crippen LogP contribution >= 0.6 is 0 Å². The van der Waals surface area contributed by atoms with Crippen LogP contribution < -0.4 is 4.74 Å². The Kier molecular flexibility index (Phi) is 6.20. The van der Waals surface area contributed by atoms with Gasteiger partial charge in [-0.3, -0.25) is 0 Å². The van der Waals surface area contributed by atoms with Crippen molar-refractivity contribution in [3.8, 4) is 5.75 Å². The van der Waals surface area contributed by atoms with Crippen molar-refractivity contribution in [3.05, 3.63) is 29.8 Å². The molecule has 2 unspecified atom stereocenters. The van der Waals surface area contributed by atoms with Gasteiger partial charge >= 0.3 is 0 Å². The van der Waals surface area contributed by atoms with Crippen LogP contribution in [0.4, 0.5) is 0 Å². The Hall–Kier alpha value is -1.02. The van der Waals surface area contributed by atoms with Gasteiger partial charge in [-0.05, 0) is 36.3 Å². The van der Waals surface area contributed by atoms with Crippen LogP contribution in [0.1, 0.15) is 39.2 Å². The van der Waals surface area contributed by atoms with E-state index in [0.29, 0.717) is 18.3 Å². The lowest BCUT2D eigenvalue weighted by Gasteiger charge is -2.19. The summed E-state index contributed by atoms with van der Waals surface area (Å²) in [5.41, 5.74) is 1.09. The Morgan fingerprint density at radius 1 is 1.11 bits per heavy atom. The molecule has 0 saturated carbocycles. The molecule has 0 radical (unpaired) electrons. The van der Waals surface area contributed by atoms with Crippen molar-refractivity contribution >= 4 is 0 Å². The first-order valence-corrected chi connectivity index (χ1v) is 6.82. The Morgan fingerprint density at radius 3 is 2.39 bits per heavy atom. The monoisotopic (exact) mass is 250 g/mol. The molecule has 2 nitrogen and oxygen atoms in total. The first-order chi connectivity index (χ1) is 8.52. The van der Waals surface area contributed by atoms with E-state index in [9.17, 15) is 5.11 Å². The van der Waals surface area contributed by atoms with E-state index in [2.05, 4.69) is 20.8 Å². The standard InChI is InChI=1S/C16H26O2/c1-12(2)9-13(3)10-15(17)11-14-7-5-6-8-16(14)18-4/h5-8,12-13,15,17H,9-11H2,1-4H3. The maximum atomic E-state index is 10.2. The third-order valence-corrected chi connectivity index (χ3v) is 3.20. The molecule has 1 aromatic rings. The van der Waals surface area contributed by atoms with Crippen LogP contribution in [0.25, 0.3) is 0 Å². The number of hydrogen-bond acceptors (Lipinski definition) is 2. The highest BCUT2D eigenvalue weighted by molar-refractivity contribution is 5.33. The summed E-state index contributed by atoms with van der Waals surface area (Å²) in [6.45, 7) is 6.66. The van der Waals surface area contributed by atoms with E-state index in [0.717, 1.165) is 17.7 Å². The van der Waals surface area contributed by atoms with Gasteiger partial charge < -0.3 is 9.84 Å². The first kappa shape index (κ1) is 15.0. The second-order valence-corrected chi connectivity index (χ2v) is 5.64. The van der Waals surface area contributed by atoms with E-state index in [1.165, 1.54) is 6.42 Å². The molecule has 0 aromatic heterocycles. The highest BCUT2D eigenvalue weighted by Gasteiger charge is 2.14. The summed E-state index contributed by atoms with van der Waals surface area (Å²) in [4.78, 5) is 0. The lowest BCUT2D eigenvalue weighted by atomic mass is 9.91. The summed E-state index contributed by atoms with van der Waals surface area (Å²) in [6.07, 6.45) is 2.42. The summed E-state index contributed by atoms with van der Waals surface area (Å²) < 4.78 is 5.30. The lowest BCUT2D eigenvalue weighted by Crippen LogP contribution is -2.16. The minimum atomic E-state index is -0.282. The van der Waals surface area contributed by atoms with Gasteiger partial charge in [0.2, 0.25) is 0 Å². The van der Waals surface area contributed by atoms with Crippen LogP contribution in [0.5, 0.6) is 5.75 Å². The number of para-hydroxylation sites is 1. The Morgan fingerprint density at radius 2 is 1.78 bits per heavy atom. The summed E-state index contributed by atoms with van der Waals surface area (Å²) >= 11 is 0. The van der Waals surface area contributed by atoms with Crippen molar-refractivity contribution in [2.24, 2.45) is 11.8 Å². The third-order valence-electron chi connectivity index (χ3n) is 3.20. The number of aliphatic hydroxyl groups is 1. The SMILES string of the molecule is COc1ccccc1CC(O)CC(C)CC(C)C. The maximum absolute atomic E-state index is 10.2. The maximum Gasteiger partial charge on any atom is 0.122 e. The van der Waals surface area contributed by atoms with E-state index in [-0.39, 0.29) is 6.10 Å². The molecule has 0 aliphatic carbocycles. The molecule has 0 bridgehead atoms. The smallest absolute Gasteiger partial charge is 0.122 e. The van der Waals surface area contributed by atoms with Crippen molar-refractivity contribution in [3.63, 3.8) is 0 Å².